The molecule has 0 fully saturated rings. The summed E-state index contributed by atoms with van der Waals surface area (Å²) in [6.45, 7) is 11.4. The summed E-state index contributed by atoms with van der Waals surface area (Å²) in [5.74, 6) is 1.51. The van der Waals surface area contributed by atoms with Gasteiger partial charge in [-0.25, -0.2) is 0 Å². The maximum absolute atomic E-state index is 6.11. The van der Waals surface area contributed by atoms with E-state index in [4.69, 9.17) is 4.74 Å². The second kappa shape index (κ2) is 12.3. The second-order valence-electron chi connectivity index (χ2n) is 8.89. The first-order valence-corrected chi connectivity index (χ1v) is 12.2. The Balaban J connectivity index is 1.60. The fourth-order valence-corrected chi connectivity index (χ4v) is 4.05. The van der Waals surface area contributed by atoms with Gasteiger partial charge in [0.2, 0.25) is 0 Å². The maximum atomic E-state index is 6.11. The van der Waals surface area contributed by atoms with Gasteiger partial charge in [0.05, 0.1) is 12.8 Å². The quantitative estimate of drug-likeness (QED) is 0.308. The first-order chi connectivity index (χ1) is 15.6. The van der Waals surface area contributed by atoms with E-state index in [0.717, 1.165) is 38.3 Å². The van der Waals surface area contributed by atoms with Crippen LogP contribution in [0.15, 0.2) is 54.9 Å². The minimum Gasteiger partial charge on any atom is -0.493 e. The molecule has 172 valence electrons. The van der Waals surface area contributed by atoms with Crippen molar-refractivity contribution in [3.05, 3.63) is 66.0 Å². The van der Waals surface area contributed by atoms with Gasteiger partial charge < -0.3 is 10.1 Å². The summed E-state index contributed by atoms with van der Waals surface area (Å²) in [6.07, 6.45) is 9.93. The molecule has 0 radical (unpaired) electrons. The molecule has 0 amide bonds. The Morgan fingerprint density at radius 2 is 1.84 bits per heavy atom. The van der Waals surface area contributed by atoms with Gasteiger partial charge in [0.1, 0.15) is 5.75 Å². The Hall–Kier alpha value is -2.75. The fraction of sp³-hybridized carbons (Fsp3) is 0.464. The molecular weight excluding hydrogens is 394 g/mol. The number of aryl methyl sites for hydroxylation is 3. The summed E-state index contributed by atoms with van der Waals surface area (Å²) >= 11 is 0. The predicted molar refractivity (Wildman–Crippen MR) is 135 cm³/mol. The highest BCUT2D eigenvalue weighted by atomic mass is 16.5. The molecule has 2 aromatic carbocycles. The minimum absolute atomic E-state index is 0.540. The number of nitrogens with one attached hydrogen (secondary N) is 1. The largest absolute Gasteiger partial charge is 0.493 e. The molecule has 4 nitrogen and oxygen atoms in total. The van der Waals surface area contributed by atoms with Crippen LogP contribution in [0.4, 0.5) is 5.69 Å². The average molecular weight is 434 g/mol. The van der Waals surface area contributed by atoms with Crippen LogP contribution >= 0.6 is 0 Å². The summed E-state index contributed by atoms with van der Waals surface area (Å²) in [4.78, 5) is 0. The van der Waals surface area contributed by atoms with Gasteiger partial charge in [-0.3, -0.25) is 4.68 Å². The Kier molecular flexibility index (Phi) is 9.21. The lowest BCUT2D eigenvalue weighted by atomic mass is 10.00. The lowest BCUT2D eigenvalue weighted by Crippen LogP contribution is -2.16. The summed E-state index contributed by atoms with van der Waals surface area (Å²) in [6, 6.07) is 15.0. The summed E-state index contributed by atoms with van der Waals surface area (Å²) in [7, 11) is 0. The van der Waals surface area contributed by atoms with E-state index in [9.17, 15) is 0 Å². The lowest BCUT2D eigenvalue weighted by molar-refractivity contribution is 0.233. The van der Waals surface area contributed by atoms with Crippen LogP contribution in [0.2, 0.25) is 0 Å². The van der Waals surface area contributed by atoms with Crippen LogP contribution in [0.25, 0.3) is 11.1 Å². The van der Waals surface area contributed by atoms with Crippen molar-refractivity contribution in [2.24, 2.45) is 5.92 Å². The Bertz CT molecular complexity index is 963. The molecule has 1 aromatic heterocycles. The van der Waals surface area contributed by atoms with Gasteiger partial charge in [-0.05, 0) is 68.4 Å². The van der Waals surface area contributed by atoms with Gasteiger partial charge >= 0.3 is 0 Å². The number of nitrogens with zero attached hydrogens (tertiary/aromatic N) is 2. The number of unbranched alkanes of at least 4 members (excludes halogenated alkanes) is 1. The molecule has 0 saturated carbocycles. The van der Waals surface area contributed by atoms with Crippen LogP contribution in [-0.2, 0) is 6.54 Å². The van der Waals surface area contributed by atoms with Crippen LogP contribution < -0.4 is 10.1 Å². The summed E-state index contributed by atoms with van der Waals surface area (Å²) < 4.78 is 8.17. The van der Waals surface area contributed by atoms with E-state index in [1.807, 2.05) is 12.3 Å². The lowest BCUT2D eigenvalue weighted by Gasteiger charge is -2.19. The van der Waals surface area contributed by atoms with E-state index < -0.39 is 0 Å². The zero-order valence-electron chi connectivity index (χ0n) is 20.2. The van der Waals surface area contributed by atoms with Crippen LogP contribution in [0, 0.1) is 19.8 Å². The highest BCUT2D eigenvalue weighted by Gasteiger charge is 2.12. The maximum Gasteiger partial charge on any atom is 0.119 e. The molecule has 1 atom stereocenters. The molecule has 1 unspecified atom stereocenters. The molecule has 0 aliphatic heterocycles. The minimum atomic E-state index is 0.540. The number of hydrogen-bond acceptors (Lipinski definition) is 3. The van der Waals surface area contributed by atoms with Crippen molar-refractivity contribution in [2.75, 3.05) is 18.5 Å². The second-order valence-corrected chi connectivity index (χ2v) is 8.89. The van der Waals surface area contributed by atoms with E-state index in [-0.39, 0.29) is 0 Å². The Morgan fingerprint density at radius 3 is 2.62 bits per heavy atom. The fourth-order valence-electron chi connectivity index (χ4n) is 4.05. The number of rotatable bonds is 13. The summed E-state index contributed by atoms with van der Waals surface area (Å²) in [5.41, 5.74) is 6.09. The highest BCUT2D eigenvalue weighted by molar-refractivity contribution is 5.77. The molecule has 1 heterocycles. The first kappa shape index (κ1) is 23.9. The topological polar surface area (TPSA) is 39.1 Å². The summed E-state index contributed by atoms with van der Waals surface area (Å²) in [5, 5.41) is 8.27. The van der Waals surface area contributed by atoms with E-state index in [1.165, 1.54) is 47.2 Å². The van der Waals surface area contributed by atoms with Gasteiger partial charge in [0, 0.05) is 36.1 Å². The van der Waals surface area contributed by atoms with E-state index in [2.05, 4.69) is 85.4 Å². The molecule has 0 spiro atoms. The Morgan fingerprint density at radius 1 is 1.00 bits per heavy atom. The van der Waals surface area contributed by atoms with Crippen molar-refractivity contribution < 1.29 is 4.74 Å². The van der Waals surface area contributed by atoms with Crippen molar-refractivity contribution in [1.82, 2.24) is 9.78 Å². The Labute approximate surface area is 194 Å². The van der Waals surface area contributed by atoms with Crippen molar-refractivity contribution in [2.45, 2.75) is 66.3 Å². The van der Waals surface area contributed by atoms with Gasteiger partial charge in [-0.15, -0.1) is 0 Å². The molecule has 0 bridgehead atoms. The molecule has 32 heavy (non-hydrogen) atoms. The van der Waals surface area contributed by atoms with Crippen molar-refractivity contribution >= 4 is 5.69 Å². The highest BCUT2D eigenvalue weighted by Crippen LogP contribution is 2.29. The molecule has 3 aromatic rings. The molecular formula is C28H39N3O. The SMILES string of the molecule is CCCCn1cc(-c2ccc(C)cc2NCCC(CCC)COc2cccc(C)c2)cn1. The third kappa shape index (κ3) is 7.15. The van der Waals surface area contributed by atoms with Crippen molar-refractivity contribution in [3.8, 4) is 16.9 Å². The zero-order valence-corrected chi connectivity index (χ0v) is 20.2. The van der Waals surface area contributed by atoms with Gasteiger partial charge in [-0.1, -0.05) is 51.0 Å². The van der Waals surface area contributed by atoms with Crippen molar-refractivity contribution in [3.63, 3.8) is 0 Å². The number of benzene rings is 2. The molecule has 3 rings (SSSR count). The van der Waals surface area contributed by atoms with Gasteiger partial charge in [0.15, 0.2) is 0 Å². The van der Waals surface area contributed by atoms with Gasteiger partial charge in [-0.2, -0.15) is 5.10 Å². The molecule has 0 saturated heterocycles. The number of hydrogen-bond donors (Lipinski definition) is 1. The van der Waals surface area contributed by atoms with Crippen LogP contribution in [0.1, 0.15) is 57.1 Å². The number of anilines is 1. The zero-order chi connectivity index (χ0) is 22.8. The number of ether oxygens (including phenoxy) is 1. The normalized spacial score (nSPS) is 12.0. The smallest absolute Gasteiger partial charge is 0.119 e. The van der Waals surface area contributed by atoms with Crippen LogP contribution in [-0.4, -0.2) is 22.9 Å². The van der Waals surface area contributed by atoms with Crippen molar-refractivity contribution in [1.29, 1.82) is 0 Å². The average Bonchev–Trinajstić information content (AvgIpc) is 3.25. The molecule has 1 N–H and O–H groups in total. The monoisotopic (exact) mass is 433 g/mol. The van der Waals surface area contributed by atoms with Gasteiger partial charge in [0.25, 0.3) is 0 Å². The van der Waals surface area contributed by atoms with E-state index >= 15 is 0 Å². The molecule has 0 aliphatic carbocycles. The number of aromatic nitrogens is 2. The third-order valence-corrected chi connectivity index (χ3v) is 5.90. The predicted octanol–water partition coefficient (Wildman–Crippen LogP) is 7.26. The van der Waals surface area contributed by atoms with E-state index in [0.29, 0.717) is 5.92 Å². The molecule has 0 aliphatic rings. The van der Waals surface area contributed by atoms with E-state index in [1.54, 1.807) is 0 Å². The van der Waals surface area contributed by atoms with Crippen LogP contribution in [0.5, 0.6) is 5.75 Å². The van der Waals surface area contributed by atoms with Crippen LogP contribution in [0.3, 0.4) is 0 Å². The standard InChI is InChI=1S/C28H39N3O/c1-5-7-16-31-20-25(19-30-31)27-13-12-23(4)18-28(27)29-15-14-24(9-6-2)21-32-26-11-8-10-22(3)17-26/h8,10-13,17-20,24,29H,5-7,9,14-16,21H2,1-4H3. The third-order valence-electron chi connectivity index (χ3n) is 5.90. The molecule has 4 heteroatoms. The first-order valence-electron chi connectivity index (χ1n) is 12.2.